The number of ether oxygens (including phenoxy) is 1. The molecule has 1 aliphatic heterocycles. The van der Waals surface area contributed by atoms with E-state index in [1.54, 1.807) is 11.6 Å². The van der Waals surface area contributed by atoms with Crippen molar-refractivity contribution in [1.82, 2.24) is 14.8 Å². The van der Waals surface area contributed by atoms with Gasteiger partial charge in [-0.3, -0.25) is 0 Å². The van der Waals surface area contributed by atoms with Gasteiger partial charge in [-0.25, -0.2) is 9.52 Å². The molecule has 2 atom stereocenters. The average Bonchev–Trinajstić information content (AvgIpc) is 2.20. The fraction of sp³-hybridized carbons (Fsp3) is 0.889. The summed E-state index contributed by atoms with van der Waals surface area (Å²) in [6.45, 7) is 5.20. The van der Waals surface area contributed by atoms with Crippen LogP contribution in [0.1, 0.15) is 20.3 Å². The van der Waals surface area contributed by atoms with E-state index >= 15 is 0 Å². The van der Waals surface area contributed by atoms with Gasteiger partial charge in [0, 0.05) is 6.04 Å². The van der Waals surface area contributed by atoms with Crippen molar-refractivity contribution in [2.75, 3.05) is 19.7 Å². The van der Waals surface area contributed by atoms with Gasteiger partial charge in [-0.2, -0.15) is 13.1 Å². The third kappa shape index (κ3) is 4.88. The molecule has 1 rings (SSSR count). The monoisotopic (exact) mass is 265 g/mol. The van der Waals surface area contributed by atoms with Crippen LogP contribution in [0.3, 0.4) is 0 Å². The Balaban J connectivity index is 2.50. The molecule has 0 aromatic carbocycles. The SMILES string of the molecule is CCOC(=O)NS(=O)(=O)NC1CCNCC1C. The predicted octanol–water partition coefficient (Wildman–Crippen LogP) is -0.435. The van der Waals surface area contributed by atoms with Gasteiger partial charge in [-0.15, -0.1) is 0 Å². The molecular weight excluding hydrogens is 246 g/mol. The van der Waals surface area contributed by atoms with Crippen LogP contribution in [-0.2, 0) is 14.9 Å². The molecule has 100 valence electrons. The Hall–Kier alpha value is -0.860. The summed E-state index contributed by atoms with van der Waals surface area (Å²) >= 11 is 0. The number of nitrogens with one attached hydrogen (secondary N) is 3. The lowest BCUT2D eigenvalue weighted by molar-refractivity contribution is 0.158. The molecule has 0 saturated carbocycles. The highest BCUT2D eigenvalue weighted by atomic mass is 32.2. The number of piperidine rings is 1. The molecule has 0 aromatic heterocycles. The van der Waals surface area contributed by atoms with Crippen molar-refractivity contribution in [2.45, 2.75) is 26.3 Å². The first-order valence-electron chi connectivity index (χ1n) is 5.62. The number of amides is 1. The summed E-state index contributed by atoms with van der Waals surface area (Å²) in [5.74, 6) is 0.183. The number of hydrogen-bond acceptors (Lipinski definition) is 5. The summed E-state index contributed by atoms with van der Waals surface area (Å²) in [6.07, 6.45) is -0.258. The Labute approximate surface area is 101 Å². The smallest absolute Gasteiger partial charge is 0.421 e. The van der Waals surface area contributed by atoms with Gasteiger partial charge in [-0.1, -0.05) is 6.92 Å². The summed E-state index contributed by atoms with van der Waals surface area (Å²) in [6, 6.07) is -0.164. The van der Waals surface area contributed by atoms with Gasteiger partial charge in [0.1, 0.15) is 0 Å². The largest absolute Gasteiger partial charge is 0.449 e. The first-order valence-corrected chi connectivity index (χ1v) is 7.10. The molecule has 0 aromatic rings. The van der Waals surface area contributed by atoms with Crippen LogP contribution in [0.5, 0.6) is 0 Å². The Morgan fingerprint density at radius 2 is 2.24 bits per heavy atom. The molecule has 2 unspecified atom stereocenters. The number of carbonyl (C=O) groups is 1. The second-order valence-electron chi connectivity index (χ2n) is 4.02. The molecule has 1 amide bonds. The van der Waals surface area contributed by atoms with Crippen molar-refractivity contribution in [3.05, 3.63) is 0 Å². The third-order valence-electron chi connectivity index (χ3n) is 2.58. The maximum atomic E-state index is 11.6. The quantitative estimate of drug-likeness (QED) is 0.640. The second-order valence-corrected chi connectivity index (χ2v) is 5.47. The van der Waals surface area contributed by atoms with Gasteiger partial charge in [0.25, 0.3) is 0 Å². The number of rotatable bonds is 4. The molecule has 1 heterocycles. The van der Waals surface area contributed by atoms with Crippen molar-refractivity contribution < 1.29 is 17.9 Å². The van der Waals surface area contributed by atoms with Gasteiger partial charge in [-0.05, 0) is 32.4 Å². The van der Waals surface area contributed by atoms with Crippen LogP contribution in [-0.4, -0.2) is 40.2 Å². The van der Waals surface area contributed by atoms with E-state index in [4.69, 9.17) is 0 Å². The summed E-state index contributed by atoms with van der Waals surface area (Å²) in [7, 11) is -3.84. The summed E-state index contributed by atoms with van der Waals surface area (Å²) in [5.41, 5.74) is 0. The summed E-state index contributed by atoms with van der Waals surface area (Å²) < 4.78 is 31.9. The van der Waals surface area contributed by atoms with Crippen LogP contribution in [0.25, 0.3) is 0 Å². The van der Waals surface area contributed by atoms with E-state index in [0.29, 0.717) is 6.42 Å². The zero-order chi connectivity index (χ0) is 12.9. The topological polar surface area (TPSA) is 96.5 Å². The van der Waals surface area contributed by atoms with Crippen LogP contribution < -0.4 is 14.8 Å². The Morgan fingerprint density at radius 1 is 1.53 bits per heavy atom. The zero-order valence-corrected chi connectivity index (χ0v) is 10.8. The third-order valence-corrected chi connectivity index (χ3v) is 3.63. The van der Waals surface area contributed by atoms with E-state index in [1.165, 1.54) is 0 Å². The fourth-order valence-corrected chi connectivity index (χ4v) is 2.77. The molecular formula is C9H19N3O4S. The zero-order valence-electron chi connectivity index (χ0n) is 10.0. The maximum Gasteiger partial charge on any atom is 0.421 e. The summed E-state index contributed by atoms with van der Waals surface area (Å²) in [5, 5.41) is 3.16. The van der Waals surface area contributed by atoms with Crippen LogP contribution in [0.4, 0.5) is 4.79 Å². The highest BCUT2D eigenvalue weighted by Gasteiger charge is 2.26. The van der Waals surface area contributed by atoms with Crippen LogP contribution >= 0.6 is 0 Å². The summed E-state index contributed by atoms with van der Waals surface area (Å²) in [4.78, 5) is 11.0. The lowest BCUT2D eigenvalue weighted by Crippen LogP contribution is -2.52. The molecule has 1 aliphatic rings. The molecule has 0 aliphatic carbocycles. The Kier molecular flexibility index (Phi) is 5.16. The van der Waals surface area contributed by atoms with Crippen LogP contribution in [0, 0.1) is 5.92 Å². The highest BCUT2D eigenvalue weighted by Crippen LogP contribution is 2.10. The molecule has 1 fully saturated rings. The second kappa shape index (κ2) is 6.18. The van der Waals surface area contributed by atoms with Crippen molar-refractivity contribution in [1.29, 1.82) is 0 Å². The molecule has 7 nitrogen and oxygen atoms in total. The first kappa shape index (κ1) is 14.2. The van der Waals surface area contributed by atoms with Gasteiger partial charge >= 0.3 is 16.3 Å². The number of hydrogen-bond donors (Lipinski definition) is 3. The molecule has 0 bridgehead atoms. The van der Waals surface area contributed by atoms with Crippen molar-refractivity contribution in [3.63, 3.8) is 0 Å². The van der Waals surface area contributed by atoms with Crippen molar-refractivity contribution in [2.24, 2.45) is 5.92 Å². The van der Waals surface area contributed by atoms with Crippen LogP contribution in [0.15, 0.2) is 0 Å². The lowest BCUT2D eigenvalue weighted by Gasteiger charge is -2.29. The molecule has 0 radical (unpaired) electrons. The average molecular weight is 265 g/mol. The standard InChI is InChI=1S/C9H19N3O4S/c1-3-16-9(13)12-17(14,15)11-8-4-5-10-6-7(8)2/h7-8,10-11H,3-6H2,1-2H3,(H,12,13). The maximum absolute atomic E-state index is 11.6. The Morgan fingerprint density at radius 3 is 2.82 bits per heavy atom. The normalized spacial score (nSPS) is 25.3. The van der Waals surface area contributed by atoms with Crippen molar-refractivity contribution >= 4 is 16.3 Å². The van der Waals surface area contributed by atoms with Gasteiger partial charge in [0.15, 0.2) is 0 Å². The van der Waals surface area contributed by atoms with E-state index in [9.17, 15) is 13.2 Å². The van der Waals surface area contributed by atoms with Crippen LogP contribution in [0.2, 0.25) is 0 Å². The Bertz CT molecular complexity index is 357. The molecule has 8 heteroatoms. The van der Waals surface area contributed by atoms with Gasteiger partial charge in [0.05, 0.1) is 6.61 Å². The predicted molar refractivity (Wildman–Crippen MR) is 62.7 cm³/mol. The van der Waals surface area contributed by atoms with E-state index < -0.39 is 16.3 Å². The molecule has 3 N–H and O–H groups in total. The number of carbonyl (C=O) groups excluding carboxylic acids is 1. The first-order chi connectivity index (χ1) is 7.94. The van der Waals surface area contributed by atoms with E-state index in [-0.39, 0.29) is 18.6 Å². The van der Waals surface area contributed by atoms with Crippen molar-refractivity contribution in [3.8, 4) is 0 Å². The van der Waals surface area contributed by atoms with Gasteiger partial charge in [0.2, 0.25) is 0 Å². The molecule has 0 spiro atoms. The minimum absolute atomic E-state index is 0.130. The molecule has 1 saturated heterocycles. The molecule has 17 heavy (non-hydrogen) atoms. The van der Waals surface area contributed by atoms with E-state index in [1.807, 2.05) is 6.92 Å². The van der Waals surface area contributed by atoms with Gasteiger partial charge < -0.3 is 10.1 Å². The lowest BCUT2D eigenvalue weighted by atomic mass is 9.97. The fourth-order valence-electron chi connectivity index (χ4n) is 1.69. The van der Waals surface area contributed by atoms with E-state index in [0.717, 1.165) is 13.1 Å². The minimum Gasteiger partial charge on any atom is -0.449 e. The highest BCUT2D eigenvalue weighted by molar-refractivity contribution is 7.88. The minimum atomic E-state index is -3.84. The van der Waals surface area contributed by atoms with E-state index in [2.05, 4.69) is 14.8 Å².